The monoisotopic (exact) mass is 392 g/mol. The minimum atomic E-state index is -0.362. The number of hydrogen-bond acceptors (Lipinski definition) is 6. The van der Waals surface area contributed by atoms with Crippen molar-refractivity contribution in [3.8, 4) is 11.5 Å². The summed E-state index contributed by atoms with van der Waals surface area (Å²) in [6, 6.07) is 18.1. The quantitative estimate of drug-likeness (QED) is 0.580. The van der Waals surface area contributed by atoms with Gasteiger partial charge in [-0.15, -0.1) is 10.2 Å². The fourth-order valence-electron chi connectivity index (χ4n) is 2.62. The van der Waals surface area contributed by atoms with Gasteiger partial charge >= 0.3 is 0 Å². The highest BCUT2D eigenvalue weighted by atomic mass is 16.5. The van der Waals surface area contributed by atoms with Crippen molar-refractivity contribution in [3.05, 3.63) is 66.4 Å². The highest BCUT2D eigenvalue weighted by Crippen LogP contribution is 2.27. The van der Waals surface area contributed by atoms with Gasteiger partial charge in [-0.1, -0.05) is 24.3 Å². The van der Waals surface area contributed by atoms with Gasteiger partial charge in [0.05, 0.1) is 24.1 Å². The summed E-state index contributed by atoms with van der Waals surface area (Å²) in [4.78, 5) is 12.6. The van der Waals surface area contributed by atoms with E-state index in [4.69, 9.17) is 9.47 Å². The zero-order chi connectivity index (χ0) is 20.6. The van der Waals surface area contributed by atoms with E-state index in [1.54, 1.807) is 18.2 Å². The lowest BCUT2D eigenvalue weighted by Gasteiger charge is -2.14. The minimum absolute atomic E-state index is 0.00207. The first kappa shape index (κ1) is 20.1. The van der Waals surface area contributed by atoms with Crippen molar-refractivity contribution in [3.63, 3.8) is 0 Å². The summed E-state index contributed by atoms with van der Waals surface area (Å²) in [6.45, 7) is 6.35. The number of aromatic nitrogens is 2. The molecule has 0 aliphatic rings. The van der Waals surface area contributed by atoms with Crippen molar-refractivity contribution in [2.75, 3.05) is 17.2 Å². The van der Waals surface area contributed by atoms with Crippen LogP contribution < -0.4 is 20.1 Å². The van der Waals surface area contributed by atoms with Crippen molar-refractivity contribution < 1.29 is 14.3 Å². The number of anilines is 3. The SMILES string of the molecule is CCOc1ccccc1Nc1ccc(C(=O)Nc2ccccc2OC(C)C)nn1. The molecule has 0 radical (unpaired) electrons. The topological polar surface area (TPSA) is 85.4 Å². The maximum Gasteiger partial charge on any atom is 0.276 e. The smallest absolute Gasteiger partial charge is 0.276 e. The molecule has 29 heavy (non-hydrogen) atoms. The summed E-state index contributed by atoms with van der Waals surface area (Å²) in [5.74, 6) is 1.48. The Morgan fingerprint density at radius 1 is 0.931 bits per heavy atom. The van der Waals surface area contributed by atoms with Crippen molar-refractivity contribution in [2.24, 2.45) is 0 Å². The number of carbonyl (C=O) groups excluding carboxylic acids is 1. The molecule has 0 atom stereocenters. The third-order valence-electron chi connectivity index (χ3n) is 3.84. The first-order chi connectivity index (χ1) is 14.1. The number of nitrogens with zero attached hydrogens (tertiary/aromatic N) is 2. The van der Waals surface area contributed by atoms with Gasteiger partial charge in [-0.25, -0.2) is 0 Å². The van der Waals surface area contributed by atoms with Gasteiger partial charge in [0.15, 0.2) is 11.5 Å². The van der Waals surface area contributed by atoms with E-state index in [1.807, 2.05) is 63.2 Å². The molecule has 7 nitrogen and oxygen atoms in total. The van der Waals surface area contributed by atoms with Gasteiger partial charge in [-0.3, -0.25) is 4.79 Å². The lowest BCUT2D eigenvalue weighted by Crippen LogP contribution is -2.16. The van der Waals surface area contributed by atoms with E-state index in [1.165, 1.54) is 0 Å². The maximum atomic E-state index is 12.6. The Labute approximate surface area is 170 Å². The van der Waals surface area contributed by atoms with Crippen LogP contribution in [0.5, 0.6) is 11.5 Å². The largest absolute Gasteiger partial charge is 0.492 e. The number of rotatable bonds is 8. The van der Waals surface area contributed by atoms with Crippen LogP contribution in [0.15, 0.2) is 60.7 Å². The Bertz CT molecular complexity index is 958. The van der Waals surface area contributed by atoms with Gasteiger partial charge in [0.1, 0.15) is 11.5 Å². The number of carbonyl (C=O) groups is 1. The van der Waals surface area contributed by atoms with Crippen LogP contribution in [0.4, 0.5) is 17.2 Å². The number of hydrogen-bond donors (Lipinski definition) is 2. The van der Waals surface area contributed by atoms with Gasteiger partial charge in [-0.05, 0) is 57.2 Å². The summed E-state index contributed by atoms with van der Waals surface area (Å²) in [5, 5.41) is 14.1. The van der Waals surface area contributed by atoms with E-state index in [0.717, 1.165) is 11.4 Å². The van der Waals surface area contributed by atoms with Crippen molar-refractivity contribution in [1.82, 2.24) is 10.2 Å². The van der Waals surface area contributed by atoms with Gasteiger partial charge < -0.3 is 20.1 Å². The maximum absolute atomic E-state index is 12.6. The van der Waals surface area contributed by atoms with Crippen LogP contribution in [-0.2, 0) is 0 Å². The van der Waals surface area contributed by atoms with E-state index < -0.39 is 0 Å². The molecule has 3 aromatic rings. The summed E-state index contributed by atoms with van der Waals surface area (Å²) in [7, 11) is 0. The fraction of sp³-hybridized carbons (Fsp3) is 0.227. The molecule has 0 unspecified atom stereocenters. The molecule has 150 valence electrons. The van der Waals surface area contributed by atoms with Crippen LogP contribution in [0.1, 0.15) is 31.3 Å². The number of amides is 1. The van der Waals surface area contributed by atoms with Gasteiger partial charge in [0, 0.05) is 0 Å². The Kier molecular flexibility index (Phi) is 6.63. The molecule has 2 N–H and O–H groups in total. The van der Waals surface area contributed by atoms with Crippen LogP contribution in [0.25, 0.3) is 0 Å². The van der Waals surface area contributed by atoms with E-state index in [2.05, 4.69) is 20.8 Å². The van der Waals surface area contributed by atoms with Crippen molar-refractivity contribution >= 4 is 23.1 Å². The fourth-order valence-corrected chi connectivity index (χ4v) is 2.62. The predicted octanol–water partition coefficient (Wildman–Crippen LogP) is 4.66. The second-order valence-corrected chi connectivity index (χ2v) is 6.47. The normalized spacial score (nSPS) is 10.5. The minimum Gasteiger partial charge on any atom is -0.492 e. The Balaban J connectivity index is 1.70. The highest BCUT2D eigenvalue weighted by Gasteiger charge is 2.13. The average molecular weight is 392 g/mol. The van der Waals surface area contributed by atoms with Gasteiger partial charge in [0.2, 0.25) is 0 Å². The van der Waals surface area contributed by atoms with Crippen LogP contribution in [0, 0.1) is 0 Å². The molecule has 0 bridgehead atoms. The summed E-state index contributed by atoms with van der Waals surface area (Å²) in [5.41, 5.74) is 1.56. The standard InChI is InChI=1S/C22H24N4O3/c1-4-28-19-11-7-5-9-16(19)23-21-14-13-18(25-26-21)22(27)24-17-10-6-8-12-20(17)29-15(2)3/h5-15H,4H2,1-3H3,(H,23,26)(H,24,27). The summed E-state index contributed by atoms with van der Waals surface area (Å²) in [6.07, 6.45) is -0.00207. The molecular formula is C22H24N4O3. The second kappa shape index (κ2) is 9.54. The highest BCUT2D eigenvalue weighted by molar-refractivity contribution is 6.03. The molecular weight excluding hydrogens is 368 g/mol. The summed E-state index contributed by atoms with van der Waals surface area (Å²) >= 11 is 0. The molecule has 3 rings (SSSR count). The number of nitrogens with one attached hydrogen (secondary N) is 2. The van der Waals surface area contributed by atoms with E-state index in [9.17, 15) is 4.79 Å². The lowest BCUT2D eigenvalue weighted by atomic mass is 10.2. The van der Waals surface area contributed by atoms with E-state index >= 15 is 0 Å². The lowest BCUT2D eigenvalue weighted by molar-refractivity contribution is 0.102. The predicted molar refractivity (Wildman–Crippen MR) is 113 cm³/mol. The van der Waals surface area contributed by atoms with Crippen molar-refractivity contribution in [2.45, 2.75) is 26.9 Å². The van der Waals surface area contributed by atoms with Crippen LogP contribution in [0.3, 0.4) is 0 Å². The number of ether oxygens (including phenoxy) is 2. The Hall–Kier alpha value is -3.61. The zero-order valence-electron chi connectivity index (χ0n) is 16.7. The van der Waals surface area contributed by atoms with Gasteiger partial charge in [-0.2, -0.15) is 0 Å². The molecule has 0 saturated carbocycles. The zero-order valence-corrected chi connectivity index (χ0v) is 16.7. The second-order valence-electron chi connectivity index (χ2n) is 6.47. The van der Waals surface area contributed by atoms with Crippen LogP contribution in [0.2, 0.25) is 0 Å². The first-order valence-electron chi connectivity index (χ1n) is 9.46. The first-order valence-corrected chi connectivity index (χ1v) is 9.46. The van der Waals surface area contributed by atoms with Crippen molar-refractivity contribution in [1.29, 1.82) is 0 Å². The number of para-hydroxylation sites is 4. The Morgan fingerprint density at radius 3 is 2.28 bits per heavy atom. The average Bonchev–Trinajstić information content (AvgIpc) is 2.71. The number of benzene rings is 2. The molecule has 0 saturated heterocycles. The molecule has 7 heteroatoms. The van der Waals surface area contributed by atoms with E-state index in [0.29, 0.717) is 23.9 Å². The third-order valence-corrected chi connectivity index (χ3v) is 3.84. The molecule has 0 aliphatic heterocycles. The molecule has 1 heterocycles. The molecule has 1 amide bonds. The van der Waals surface area contributed by atoms with Crippen LogP contribution in [-0.4, -0.2) is 28.8 Å². The third kappa shape index (κ3) is 5.44. The van der Waals surface area contributed by atoms with E-state index in [-0.39, 0.29) is 17.7 Å². The molecule has 0 aliphatic carbocycles. The Morgan fingerprint density at radius 2 is 1.62 bits per heavy atom. The molecule has 0 spiro atoms. The molecule has 2 aromatic carbocycles. The molecule has 0 fully saturated rings. The van der Waals surface area contributed by atoms with Crippen LogP contribution >= 0.6 is 0 Å². The summed E-state index contributed by atoms with van der Waals surface area (Å²) < 4.78 is 11.3. The van der Waals surface area contributed by atoms with Gasteiger partial charge in [0.25, 0.3) is 5.91 Å². The molecule has 1 aromatic heterocycles.